The van der Waals surface area contributed by atoms with Crippen LogP contribution in [0.3, 0.4) is 0 Å². The number of nitrogens with two attached hydrogens (primary N) is 1. The minimum absolute atomic E-state index is 0.0544. The Hall–Kier alpha value is -2.16. The Morgan fingerprint density at radius 3 is 3.16 bits per heavy atom. The summed E-state index contributed by atoms with van der Waals surface area (Å²) in [6, 6.07) is -0.781. The van der Waals surface area contributed by atoms with Crippen molar-refractivity contribution in [3.05, 3.63) is 22.3 Å². The first-order valence-electron chi connectivity index (χ1n) is 5.73. The van der Waals surface area contributed by atoms with Crippen LogP contribution in [0.25, 0.3) is 10.4 Å². The van der Waals surface area contributed by atoms with E-state index in [1.54, 1.807) is 6.20 Å². The van der Waals surface area contributed by atoms with Crippen LogP contribution in [0, 0.1) is 0 Å². The summed E-state index contributed by atoms with van der Waals surface area (Å²) in [7, 11) is 0. The number of hydrogen-bond acceptors (Lipinski definition) is 6. The van der Waals surface area contributed by atoms with E-state index in [-0.39, 0.29) is 13.2 Å². The van der Waals surface area contributed by atoms with Crippen molar-refractivity contribution in [2.75, 3.05) is 19.7 Å². The fourth-order valence-corrected chi connectivity index (χ4v) is 1.44. The van der Waals surface area contributed by atoms with E-state index in [1.807, 2.05) is 0 Å². The number of primary amides is 1. The van der Waals surface area contributed by atoms with Crippen molar-refractivity contribution in [1.82, 2.24) is 20.3 Å². The number of hydrogen-bond donors (Lipinski definition) is 3. The van der Waals surface area contributed by atoms with Crippen LogP contribution in [0.4, 0.5) is 0 Å². The molecule has 0 radical (unpaired) electrons. The molecule has 19 heavy (non-hydrogen) atoms. The van der Waals surface area contributed by atoms with Crippen molar-refractivity contribution in [3.8, 4) is 0 Å². The Bertz CT molecular complexity index is 453. The van der Waals surface area contributed by atoms with Gasteiger partial charge in [-0.15, -0.1) is 5.10 Å². The summed E-state index contributed by atoms with van der Waals surface area (Å²) in [6.07, 6.45) is 2.14. The van der Waals surface area contributed by atoms with Gasteiger partial charge in [0.1, 0.15) is 11.7 Å². The van der Waals surface area contributed by atoms with Crippen molar-refractivity contribution in [1.29, 1.82) is 0 Å². The molecule has 0 saturated heterocycles. The zero-order valence-electron chi connectivity index (χ0n) is 10.3. The predicted molar refractivity (Wildman–Crippen MR) is 65.7 cm³/mol. The molecule has 104 valence electrons. The fourth-order valence-electron chi connectivity index (χ4n) is 1.44. The van der Waals surface area contributed by atoms with Gasteiger partial charge in [0.2, 0.25) is 5.91 Å². The summed E-state index contributed by atoms with van der Waals surface area (Å²) >= 11 is 0. The van der Waals surface area contributed by atoms with Gasteiger partial charge in [0.25, 0.3) is 0 Å². The minimum atomic E-state index is -0.781. The van der Waals surface area contributed by atoms with Crippen molar-refractivity contribution in [2.45, 2.75) is 19.0 Å². The fraction of sp³-hybridized carbons (Fsp3) is 0.667. The second-order valence-corrected chi connectivity index (χ2v) is 3.73. The van der Waals surface area contributed by atoms with E-state index < -0.39 is 11.9 Å². The summed E-state index contributed by atoms with van der Waals surface area (Å²) in [5.41, 5.74) is 13.8. The molecule has 1 heterocycles. The van der Waals surface area contributed by atoms with Gasteiger partial charge in [-0.1, -0.05) is 10.3 Å². The lowest BCUT2D eigenvalue weighted by Crippen LogP contribution is -2.35. The molecule has 10 heteroatoms. The first-order valence-corrected chi connectivity index (χ1v) is 5.73. The molecule has 0 aliphatic rings. The molecule has 0 bridgehead atoms. The second-order valence-electron chi connectivity index (χ2n) is 3.73. The van der Waals surface area contributed by atoms with E-state index in [0.29, 0.717) is 25.2 Å². The zero-order valence-corrected chi connectivity index (χ0v) is 10.3. The molecule has 0 aliphatic heterocycles. The third-order valence-electron chi connectivity index (χ3n) is 2.31. The van der Waals surface area contributed by atoms with Crippen LogP contribution < -0.4 is 11.1 Å². The maximum atomic E-state index is 11.3. The van der Waals surface area contributed by atoms with Crippen LogP contribution in [-0.2, 0) is 11.3 Å². The van der Waals surface area contributed by atoms with E-state index >= 15 is 0 Å². The minimum Gasteiger partial charge on any atom is -0.396 e. The Labute approximate surface area is 109 Å². The first-order chi connectivity index (χ1) is 9.19. The van der Waals surface area contributed by atoms with Crippen LogP contribution in [0.15, 0.2) is 11.3 Å². The van der Waals surface area contributed by atoms with Crippen LogP contribution in [0.1, 0.15) is 18.2 Å². The molecule has 0 saturated carbocycles. The molecule has 1 rings (SSSR count). The highest BCUT2D eigenvalue weighted by atomic mass is 16.3. The summed E-state index contributed by atoms with van der Waals surface area (Å²) < 4.78 is 1.52. The van der Waals surface area contributed by atoms with E-state index in [0.717, 1.165) is 0 Å². The molecule has 1 unspecified atom stereocenters. The number of azide groups is 1. The van der Waals surface area contributed by atoms with E-state index in [9.17, 15) is 4.79 Å². The quantitative estimate of drug-likeness (QED) is 0.229. The van der Waals surface area contributed by atoms with Gasteiger partial charge < -0.3 is 16.2 Å². The highest BCUT2D eigenvalue weighted by Crippen LogP contribution is 2.08. The topological polar surface area (TPSA) is 155 Å². The molecule has 0 fully saturated rings. The summed E-state index contributed by atoms with van der Waals surface area (Å²) in [6.45, 7) is 1.08. The number of aliphatic hydroxyl groups excluding tert-OH is 1. The molecule has 0 aromatic carbocycles. The third kappa shape index (κ3) is 4.92. The number of carbonyl (C=O) groups excluding carboxylic acids is 1. The Balaban J connectivity index is 2.62. The van der Waals surface area contributed by atoms with Gasteiger partial charge in [-0.2, -0.15) is 0 Å². The molecule has 4 N–H and O–H groups in total. The summed E-state index contributed by atoms with van der Waals surface area (Å²) in [4.78, 5) is 13.9. The average molecular weight is 268 g/mol. The molecule has 0 spiro atoms. The highest BCUT2D eigenvalue weighted by molar-refractivity contribution is 5.80. The van der Waals surface area contributed by atoms with Gasteiger partial charge in [0.15, 0.2) is 0 Å². The molecule has 0 aliphatic carbocycles. The standard InChI is InChI=1S/C9H16N8O2/c10-9(19)8(12-2-3-13-15-11)7-6-17(16-14-7)4-1-5-18/h6,8,12,18H,1-5H2,(H2,10,19). The molecule has 1 amide bonds. The van der Waals surface area contributed by atoms with Gasteiger partial charge in [0, 0.05) is 31.2 Å². The van der Waals surface area contributed by atoms with Gasteiger partial charge >= 0.3 is 0 Å². The average Bonchev–Trinajstić information content (AvgIpc) is 2.84. The lowest BCUT2D eigenvalue weighted by atomic mass is 10.2. The van der Waals surface area contributed by atoms with Crippen LogP contribution in [0.2, 0.25) is 0 Å². The van der Waals surface area contributed by atoms with Gasteiger partial charge in [-0.3, -0.25) is 9.48 Å². The molecular weight excluding hydrogens is 252 g/mol. The van der Waals surface area contributed by atoms with Crippen molar-refractivity contribution in [2.24, 2.45) is 10.8 Å². The zero-order chi connectivity index (χ0) is 14.1. The van der Waals surface area contributed by atoms with E-state index in [1.165, 1.54) is 4.68 Å². The highest BCUT2D eigenvalue weighted by Gasteiger charge is 2.20. The summed E-state index contributed by atoms with van der Waals surface area (Å²) in [5.74, 6) is -0.588. The molecule has 1 aromatic heterocycles. The number of carbonyl (C=O) groups is 1. The number of aromatic nitrogens is 3. The van der Waals surface area contributed by atoms with Crippen LogP contribution in [0.5, 0.6) is 0 Å². The van der Waals surface area contributed by atoms with Gasteiger partial charge in [-0.05, 0) is 12.0 Å². The van der Waals surface area contributed by atoms with Crippen molar-refractivity contribution < 1.29 is 9.90 Å². The molecule has 1 atom stereocenters. The maximum Gasteiger partial charge on any atom is 0.240 e. The predicted octanol–water partition coefficient (Wildman–Crippen LogP) is -0.913. The molecular formula is C9H16N8O2. The number of aliphatic hydroxyl groups is 1. The number of nitrogens with one attached hydrogen (secondary N) is 1. The Morgan fingerprint density at radius 1 is 1.74 bits per heavy atom. The normalized spacial score (nSPS) is 11.8. The summed E-state index contributed by atoms with van der Waals surface area (Å²) in [5, 5.41) is 22.6. The molecule has 1 aromatic rings. The van der Waals surface area contributed by atoms with E-state index in [4.69, 9.17) is 16.4 Å². The number of nitrogens with zero attached hydrogens (tertiary/aromatic N) is 6. The smallest absolute Gasteiger partial charge is 0.240 e. The lowest BCUT2D eigenvalue weighted by molar-refractivity contribution is -0.120. The van der Waals surface area contributed by atoms with E-state index in [2.05, 4.69) is 25.7 Å². The number of amides is 1. The lowest BCUT2D eigenvalue weighted by Gasteiger charge is -2.11. The number of rotatable bonds is 9. The van der Waals surface area contributed by atoms with Gasteiger partial charge in [0.05, 0.1) is 6.20 Å². The Kier molecular flexibility index (Phi) is 6.30. The molecule has 10 nitrogen and oxygen atoms in total. The van der Waals surface area contributed by atoms with Crippen molar-refractivity contribution >= 4 is 5.91 Å². The van der Waals surface area contributed by atoms with Gasteiger partial charge in [-0.25, -0.2) is 0 Å². The number of aryl methyl sites for hydroxylation is 1. The monoisotopic (exact) mass is 268 g/mol. The first kappa shape index (κ1) is 14.9. The van der Waals surface area contributed by atoms with Crippen LogP contribution >= 0.6 is 0 Å². The maximum absolute atomic E-state index is 11.3. The SMILES string of the molecule is [N-]=[N+]=NCCNC(C(N)=O)c1cn(CCCO)nn1. The Morgan fingerprint density at radius 2 is 2.53 bits per heavy atom. The van der Waals surface area contributed by atoms with Crippen LogP contribution in [-0.4, -0.2) is 45.7 Å². The second kappa shape index (κ2) is 8.03. The largest absolute Gasteiger partial charge is 0.396 e. The third-order valence-corrected chi connectivity index (χ3v) is 2.31. The van der Waals surface area contributed by atoms with Crippen molar-refractivity contribution in [3.63, 3.8) is 0 Å².